The van der Waals surface area contributed by atoms with Crippen molar-refractivity contribution in [2.45, 2.75) is 70.5 Å². The van der Waals surface area contributed by atoms with Crippen molar-refractivity contribution in [1.82, 2.24) is 15.2 Å². The second-order valence-electron chi connectivity index (χ2n) is 8.97. The zero-order valence-electron chi connectivity index (χ0n) is 16.4. The third-order valence-electron chi connectivity index (χ3n) is 6.55. The predicted molar refractivity (Wildman–Crippen MR) is 104 cm³/mol. The molecule has 4 aliphatic rings. The average molecular weight is 392 g/mol. The first-order valence-electron chi connectivity index (χ1n) is 9.99. The van der Waals surface area contributed by atoms with Gasteiger partial charge in [-0.1, -0.05) is 0 Å². The van der Waals surface area contributed by atoms with Crippen LogP contribution in [0.5, 0.6) is 0 Å². The molecule has 0 radical (unpaired) electrons. The molecule has 1 aromatic rings. The third kappa shape index (κ3) is 3.71. The number of urea groups is 1. The van der Waals surface area contributed by atoms with Gasteiger partial charge in [0, 0.05) is 17.0 Å². The van der Waals surface area contributed by atoms with Gasteiger partial charge in [-0.25, -0.2) is 14.6 Å². The van der Waals surface area contributed by atoms with E-state index in [-0.39, 0.29) is 17.6 Å². The molecular weight excluding hydrogens is 362 g/mol. The molecule has 2 amide bonds. The second kappa shape index (κ2) is 7.08. The summed E-state index contributed by atoms with van der Waals surface area (Å²) >= 11 is 1.39. The van der Waals surface area contributed by atoms with E-state index in [0.29, 0.717) is 12.2 Å². The number of esters is 1. The van der Waals surface area contributed by atoms with E-state index in [9.17, 15) is 9.59 Å². The molecule has 1 heterocycles. The highest BCUT2D eigenvalue weighted by Crippen LogP contribution is 2.55. The fourth-order valence-electron chi connectivity index (χ4n) is 5.78. The van der Waals surface area contributed by atoms with Gasteiger partial charge in [0.15, 0.2) is 5.69 Å². The number of nitrogens with zero attached hydrogens (tertiary/aromatic N) is 2. The van der Waals surface area contributed by atoms with Crippen molar-refractivity contribution in [3.8, 4) is 0 Å². The van der Waals surface area contributed by atoms with Gasteiger partial charge in [0.05, 0.1) is 13.7 Å². The number of methoxy groups -OCH3 is 1. The lowest BCUT2D eigenvalue weighted by Gasteiger charge is -2.57. The fourth-order valence-corrected chi connectivity index (χ4v) is 6.54. The molecule has 0 unspecified atom stereocenters. The molecule has 0 saturated heterocycles. The molecule has 4 fully saturated rings. The molecule has 0 aliphatic heterocycles. The summed E-state index contributed by atoms with van der Waals surface area (Å²) in [6.07, 6.45) is 7.50. The Morgan fingerprint density at radius 1 is 1.26 bits per heavy atom. The van der Waals surface area contributed by atoms with Gasteiger partial charge in [0.1, 0.15) is 5.01 Å². The van der Waals surface area contributed by atoms with Crippen LogP contribution in [-0.4, -0.2) is 40.6 Å². The minimum absolute atomic E-state index is 0.000964. The molecule has 4 aliphatic carbocycles. The lowest BCUT2D eigenvalue weighted by atomic mass is 9.53. The number of hydrogen-bond donors (Lipinski definition) is 1. The first kappa shape index (κ1) is 18.7. The van der Waals surface area contributed by atoms with Gasteiger partial charge in [0.2, 0.25) is 0 Å². The normalized spacial score (nSPS) is 31.2. The quantitative estimate of drug-likeness (QED) is 0.775. The maximum absolute atomic E-state index is 13.2. The first-order valence-corrected chi connectivity index (χ1v) is 10.9. The average Bonchev–Trinajstić information content (AvgIpc) is 3.05. The highest BCUT2D eigenvalue weighted by Gasteiger charge is 2.51. The molecule has 0 aromatic carbocycles. The van der Waals surface area contributed by atoms with Gasteiger partial charge in [-0.15, -0.1) is 11.3 Å². The Labute approximate surface area is 164 Å². The number of hydrogen-bond acceptors (Lipinski definition) is 5. The Hall–Kier alpha value is -1.63. The van der Waals surface area contributed by atoms with E-state index in [4.69, 9.17) is 4.74 Å². The van der Waals surface area contributed by atoms with E-state index in [1.165, 1.54) is 37.7 Å². The zero-order valence-corrected chi connectivity index (χ0v) is 17.2. The van der Waals surface area contributed by atoms with Crippen LogP contribution >= 0.6 is 11.3 Å². The lowest BCUT2D eigenvalue weighted by Crippen LogP contribution is -2.62. The van der Waals surface area contributed by atoms with Crippen molar-refractivity contribution in [3.63, 3.8) is 0 Å². The van der Waals surface area contributed by atoms with Crippen LogP contribution in [0.3, 0.4) is 0 Å². The van der Waals surface area contributed by atoms with Crippen LogP contribution in [0, 0.1) is 17.8 Å². The van der Waals surface area contributed by atoms with E-state index in [1.54, 1.807) is 5.38 Å². The van der Waals surface area contributed by atoms with Crippen molar-refractivity contribution in [3.05, 3.63) is 16.1 Å². The molecule has 4 saturated carbocycles. The monoisotopic (exact) mass is 391 g/mol. The molecule has 5 rings (SSSR count). The number of rotatable bonds is 5. The summed E-state index contributed by atoms with van der Waals surface area (Å²) in [5.74, 6) is 1.95. The van der Waals surface area contributed by atoms with Crippen LogP contribution in [0.25, 0.3) is 0 Å². The smallest absolute Gasteiger partial charge is 0.357 e. The van der Waals surface area contributed by atoms with E-state index in [1.807, 2.05) is 18.7 Å². The molecule has 6 nitrogen and oxygen atoms in total. The summed E-state index contributed by atoms with van der Waals surface area (Å²) in [4.78, 5) is 31.0. The second-order valence-corrected chi connectivity index (χ2v) is 9.91. The van der Waals surface area contributed by atoms with E-state index in [0.717, 1.165) is 42.0 Å². The summed E-state index contributed by atoms with van der Waals surface area (Å²) in [5, 5.41) is 5.88. The van der Waals surface area contributed by atoms with E-state index in [2.05, 4.69) is 10.3 Å². The van der Waals surface area contributed by atoms with Crippen LogP contribution in [0.15, 0.2) is 5.38 Å². The number of aromatic nitrogens is 1. The number of amides is 2. The van der Waals surface area contributed by atoms with Gasteiger partial charge in [-0.2, -0.15) is 0 Å². The lowest BCUT2D eigenvalue weighted by molar-refractivity contribution is -0.0163. The van der Waals surface area contributed by atoms with Crippen molar-refractivity contribution in [2.75, 3.05) is 7.11 Å². The van der Waals surface area contributed by atoms with Crippen molar-refractivity contribution < 1.29 is 14.3 Å². The molecule has 1 N–H and O–H groups in total. The molecular formula is C20H29N3O3S. The molecule has 27 heavy (non-hydrogen) atoms. The van der Waals surface area contributed by atoms with E-state index < -0.39 is 5.97 Å². The summed E-state index contributed by atoms with van der Waals surface area (Å²) in [6, 6.07) is 0.0613. The number of nitrogens with one attached hydrogen (secondary N) is 1. The Morgan fingerprint density at radius 3 is 2.37 bits per heavy atom. The Balaban J connectivity index is 1.45. The summed E-state index contributed by atoms with van der Waals surface area (Å²) in [6.45, 7) is 4.46. The van der Waals surface area contributed by atoms with E-state index >= 15 is 0 Å². The molecule has 0 atom stereocenters. The van der Waals surface area contributed by atoms with Gasteiger partial charge in [-0.05, 0) is 70.1 Å². The Kier molecular flexibility index (Phi) is 4.91. The fraction of sp³-hybridized carbons (Fsp3) is 0.750. The zero-order chi connectivity index (χ0) is 19.2. The van der Waals surface area contributed by atoms with Crippen LogP contribution in [0.2, 0.25) is 0 Å². The highest BCUT2D eigenvalue weighted by molar-refractivity contribution is 7.09. The van der Waals surface area contributed by atoms with Crippen LogP contribution in [-0.2, 0) is 11.3 Å². The van der Waals surface area contributed by atoms with Gasteiger partial charge >= 0.3 is 12.0 Å². The predicted octanol–water partition coefficient (Wildman–Crippen LogP) is 3.82. The maximum Gasteiger partial charge on any atom is 0.357 e. The third-order valence-corrected chi connectivity index (χ3v) is 7.38. The van der Waals surface area contributed by atoms with Gasteiger partial charge in [0.25, 0.3) is 0 Å². The number of ether oxygens (including phenoxy) is 1. The standard InChI is InChI=1S/C20H29N3O3S/c1-12(2)23(10-17-21-16(11-27-17)18(24)26-3)19(25)22-20-7-13-4-14(8-20)6-15(5-13)9-20/h11-15H,4-10H2,1-3H3,(H,22,25). The van der Waals surface area contributed by atoms with Crippen molar-refractivity contribution in [1.29, 1.82) is 0 Å². The molecule has 4 bridgehead atoms. The Bertz CT molecular complexity index is 695. The number of carbonyl (C=O) groups is 2. The number of thiazole rings is 1. The molecule has 7 heteroatoms. The summed E-state index contributed by atoms with van der Waals surface area (Å²) < 4.78 is 4.72. The minimum Gasteiger partial charge on any atom is -0.464 e. The Morgan fingerprint density at radius 2 is 1.85 bits per heavy atom. The summed E-state index contributed by atoms with van der Waals surface area (Å²) in [7, 11) is 1.35. The van der Waals surface area contributed by atoms with Crippen molar-refractivity contribution in [2.24, 2.45) is 17.8 Å². The minimum atomic E-state index is -0.438. The SMILES string of the molecule is COC(=O)c1csc(CN(C(=O)NC23CC4CC(CC(C4)C2)C3)C(C)C)n1. The summed E-state index contributed by atoms with van der Waals surface area (Å²) in [5.41, 5.74) is 0.307. The maximum atomic E-state index is 13.2. The van der Waals surface area contributed by atoms with Crippen LogP contribution < -0.4 is 5.32 Å². The molecule has 1 aromatic heterocycles. The topological polar surface area (TPSA) is 71.5 Å². The largest absolute Gasteiger partial charge is 0.464 e. The van der Waals surface area contributed by atoms with Crippen LogP contribution in [0.4, 0.5) is 4.79 Å². The first-order chi connectivity index (χ1) is 12.9. The highest BCUT2D eigenvalue weighted by atomic mass is 32.1. The molecule has 148 valence electrons. The molecule has 0 spiro atoms. The van der Waals surface area contributed by atoms with Gasteiger partial charge in [-0.3, -0.25) is 0 Å². The van der Waals surface area contributed by atoms with Gasteiger partial charge < -0.3 is 15.0 Å². The van der Waals surface area contributed by atoms with Crippen molar-refractivity contribution >= 4 is 23.3 Å². The number of carbonyl (C=O) groups excluding carboxylic acids is 2. The van der Waals surface area contributed by atoms with Crippen LogP contribution in [0.1, 0.15) is 67.9 Å².